The number of carbonyl (C=O) groups is 1. The zero-order valence-electron chi connectivity index (χ0n) is 10.2. The lowest BCUT2D eigenvalue weighted by Gasteiger charge is -2.07. The molecule has 0 aromatic heterocycles. The van der Waals surface area contributed by atoms with E-state index in [0.29, 0.717) is 12.1 Å². The Morgan fingerprint density at radius 2 is 1.52 bits per heavy atom. The van der Waals surface area contributed by atoms with E-state index in [1.807, 2.05) is 0 Å². The van der Waals surface area contributed by atoms with Gasteiger partial charge in [0, 0.05) is 5.56 Å². The van der Waals surface area contributed by atoms with Gasteiger partial charge in [-0.15, -0.1) is 0 Å². The molecular formula is C13H7F3O4S. The first kappa shape index (κ1) is 15.2. The Morgan fingerprint density at radius 3 is 2.14 bits per heavy atom. The highest BCUT2D eigenvalue weighted by Crippen LogP contribution is 2.22. The predicted octanol–water partition coefficient (Wildman–Crippen LogP) is 2.58. The van der Waals surface area contributed by atoms with Crippen molar-refractivity contribution in [1.82, 2.24) is 0 Å². The molecule has 1 N–H and O–H groups in total. The van der Waals surface area contributed by atoms with Crippen molar-refractivity contribution in [2.75, 3.05) is 0 Å². The van der Waals surface area contributed by atoms with Gasteiger partial charge in [-0.3, -0.25) is 9.35 Å². The number of halogens is 3. The summed E-state index contributed by atoms with van der Waals surface area (Å²) in [5.74, 6) is -6.25. The molecule has 0 spiro atoms. The lowest BCUT2D eigenvalue weighted by molar-refractivity contribution is 0.103. The standard InChI is InChI=1S/C13H7F3O4S/c14-9-6-5-8(11(15)12(9)16)13(17)7-3-1-2-4-10(7)21(18,19)20/h1-6H,(H,18,19,20). The SMILES string of the molecule is O=C(c1ccccc1S(=O)(=O)O)c1ccc(F)c(F)c1F. The van der Waals surface area contributed by atoms with Crippen LogP contribution >= 0.6 is 0 Å². The molecule has 2 aromatic rings. The minimum absolute atomic E-state index is 0.543. The van der Waals surface area contributed by atoms with Gasteiger partial charge in [0.2, 0.25) is 0 Å². The fourth-order valence-corrected chi connectivity index (χ4v) is 2.41. The fraction of sp³-hybridized carbons (Fsp3) is 0. The number of rotatable bonds is 3. The molecule has 0 saturated carbocycles. The summed E-state index contributed by atoms with van der Waals surface area (Å²) in [6.07, 6.45) is 0. The highest BCUT2D eigenvalue weighted by Gasteiger charge is 2.25. The Bertz CT molecular complexity index is 831. The lowest BCUT2D eigenvalue weighted by atomic mass is 10.0. The molecule has 0 saturated heterocycles. The van der Waals surface area contributed by atoms with E-state index in [9.17, 15) is 26.4 Å². The number of hydrogen-bond acceptors (Lipinski definition) is 3. The van der Waals surface area contributed by atoms with Crippen LogP contribution in [-0.4, -0.2) is 18.8 Å². The number of benzene rings is 2. The van der Waals surface area contributed by atoms with E-state index in [4.69, 9.17) is 4.55 Å². The van der Waals surface area contributed by atoms with Crippen LogP contribution in [0.1, 0.15) is 15.9 Å². The molecule has 0 radical (unpaired) electrons. The summed E-state index contributed by atoms with van der Waals surface area (Å²) in [4.78, 5) is 11.3. The Balaban J connectivity index is 2.65. The van der Waals surface area contributed by atoms with Crippen LogP contribution in [0.3, 0.4) is 0 Å². The predicted molar refractivity (Wildman–Crippen MR) is 66.0 cm³/mol. The molecule has 8 heteroatoms. The summed E-state index contributed by atoms with van der Waals surface area (Å²) in [5.41, 5.74) is -1.39. The average Bonchev–Trinajstić information content (AvgIpc) is 2.43. The molecule has 0 aliphatic heterocycles. The third-order valence-electron chi connectivity index (χ3n) is 2.69. The summed E-state index contributed by atoms with van der Waals surface area (Å²) in [7, 11) is -4.73. The van der Waals surface area contributed by atoms with Gasteiger partial charge in [0.05, 0.1) is 5.56 Å². The second-order valence-electron chi connectivity index (χ2n) is 4.02. The largest absolute Gasteiger partial charge is 0.295 e. The van der Waals surface area contributed by atoms with E-state index in [0.717, 1.165) is 12.1 Å². The van der Waals surface area contributed by atoms with Crippen molar-refractivity contribution < 1.29 is 30.9 Å². The van der Waals surface area contributed by atoms with Gasteiger partial charge >= 0.3 is 0 Å². The molecule has 0 bridgehead atoms. The molecule has 0 heterocycles. The van der Waals surface area contributed by atoms with E-state index in [-0.39, 0.29) is 0 Å². The smallest absolute Gasteiger partial charge is 0.288 e. The quantitative estimate of drug-likeness (QED) is 0.537. The van der Waals surface area contributed by atoms with Crippen LogP contribution < -0.4 is 0 Å². The molecule has 0 unspecified atom stereocenters. The maximum Gasteiger partial charge on any atom is 0.295 e. The van der Waals surface area contributed by atoms with E-state index in [2.05, 4.69) is 0 Å². The molecule has 2 aromatic carbocycles. The van der Waals surface area contributed by atoms with Crippen LogP contribution in [0.4, 0.5) is 13.2 Å². The Hall–Kier alpha value is -2.19. The molecule has 0 fully saturated rings. The number of ketones is 1. The topological polar surface area (TPSA) is 71.4 Å². The van der Waals surface area contributed by atoms with Crippen molar-refractivity contribution in [1.29, 1.82) is 0 Å². The summed E-state index contributed by atoms with van der Waals surface area (Å²) in [5, 5.41) is 0. The molecule has 2 rings (SSSR count). The van der Waals surface area contributed by atoms with Crippen LogP contribution in [0.2, 0.25) is 0 Å². The third kappa shape index (κ3) is 2.81. The lowest BCUT2D eigenvalue weighted by Crippen LogP contribution is -2.12. The first-order valence-corrected chi connectivity index (χ1v) is 6.92. The summed E-state index contributed by atoms with van der Waals surface area (Å²) >= 11 is 0. The number of carbonyl (C=O) groups excluding carboxylic acids is 1. The van der Waals surface area contributed by atoms with Gasteiger partial charge in [-0.05, 0) is 24.3 Å². The summed E-state index contributed by atoms with van der Waals surface area (Å²) in [6.45, 7) is 0. The molecule has 0 atom stereocenters. The normalized spacial score (nSPS) is 11.4. The van der Waals surface area contributed by atoms with E-state index >= 15 is 0 Å². The third-order valence-corrected chi connectivity index (χ3v) is 3.60. The monoisotopic (exact) mass is 316 g/mol. The maximum atomic E-state index is 13.6. The summed E-state index contributed by atoms with van der Waals surface area (Å²) in [6, 6.07) is 5.70. The van der Waals surface area contributed by atoms with Crippen LogP contribution in [0, 0.1) is 17.5 Å². The van der Waals surface area contributed by atoms with E-state index in [1.54, 1.807) is 0 Å². The van der Waals surface area contributed by atoms with Crippen LogP contribution in [0.15, 0.2) is 41.3 Å². The molecule has 110 valence electrons. The Labute approximate surface area is 117 Å². The Kier molecular flexibility index (Phi) is 3.84. The Morgan fingerprint density at radius 1 is 0.905 bits per heavy atom. The van der Waals surface area contributed by atoms with Gasteiger partial charge in [-0.2, -0.15) is 8.42 Å². The molecule has 0 aliphatic rings. The minimum atomic E-state index is -4.73. The molecule has 0 aliphatic carbocycles. The molecule has 21 heavy (non-hydrogen) atoms. The van der Waals surface area contributed by atoms with Crippen molar-refractivity contribution >= 4 is 15.9 Å². The van der Waals surface area contributed by atoms with Crippen molar-refractivity contribution in [2.45, 2.75) is 4.90 Å². The maximum absolute atomic E-state index is 13.6. The van der Waals surface area contributed by atoms with Gasteiger partial charge < -0.3 is 0 Å². The van der Waals surface area contributed by atoms with E-state index < -0.39 is 49.4 Å². The second-order valence-corrected chi connectivity index (χ2v) is 5.41. The highest BCUT2D eigenvalue weighted by molar-refractivity contribution is 7.86. The van der Waals surface area contributed by atoms with Crippen molar-refractivity contribution in [3.63, 3.8) is 0 Å². The van der Waals surface area contributed by atoms with Gasteiger partial charge in [0.15, 0.2) is 23.2 Å². The van der Waals surface area contributed by atoms with Crippen molar-refractivity contribution in [3.8, 4) is 0 Å². The zero-order valence-corrected chi connectivity index (χ0v) is 11.0. The summed E-state index contributed by atoms with van der Waals surface area (Å²) < 4.78 is 70.9. The van der Waals surface area contributed by atoms with Gasteiger partial charge in [-0.1, -0.05) is 12.1 Å². The fourth-order valence-electron chi connectivity index (χ4n) is 1.73. The van der Waals surface area contributed by atoms with Gasteiger partial charge in [0.25, 0.3) is 10.1 Å². The van der Waals surface area contributed by atoms with Gasteiger partial charge in [0.1, 0.15) is 4.90 Å². The number of hydrogen-bond donors (Lipinski definition) is 1. The zero-order chi connectivity index (χ0) is 15.8. The van der Waals surface area contributed by atoms with Crippen LogP contribution in [0.5, 0.6) is 0 Å². The van der Waals surface area contributed by atoms with Crippen molar-refractivity contribution in [2.24, 2.45) is 0 Å². The van der Waals surface area contributed by atoms with Crippen LogP contribution in [0.25, 0.3) is 0 Å². The second kappa shape index (κ2) is 5.30. The highest BCUT2D eigenvalue weighted by atomic mass is 32.2. The minimum Gasteiger partial charge on any atom is -0.288 e. The van der Waals surface area contributed by atoms with E-state index in [1.165, 1.54) is 12.1 Å². The van der Waals surface area contributed by atoms with Crippen molar-refractivity contribution in [3.05, 3.63) is 65.0 Å². The first-order chi connectivity index (χ1) is 9.73. The van der Waals surface area contributed by atoms with Gasteiger partial charge in [-0.25, -0.2) is 13.2 Å². The average molecular weight is 316 g/mol. The molecule has 4 nitrogen and oxygen atoms in total. The first-order valence-electron chi connectivity index (χ1n) is 5.48. The molecule has 0 amide bonds. The van der Waals surface area contributed by atoms with Crippen LogP contribution in [-0.2, 0) is 10.1 Å². The molecular weight excluding hydrogens is 309 g/mol.